The first-order chi connectivity index (χ1) is 13.0. The van der Waals surface area contributed by atoms with Gasteiger partial charge in [-0.05, 0) is 43.4 Å². The predicted molar refractivity (Wildman–Crippen MR) is 110 cm³/mol. The zero-order valence-electron chi connectivity index (χ0n) is 16.2. The molecule has 3 rings (SSSR count). The van der Waals surface area contributed by atoms with Crippen molar-refractivity contribution in [1.82, 2.24) is 5.32 Å². The van der Waals surface area contributed by atoms with E-state index in [1.807, 2.05) is 0 Å². The molecule has 1 aliphatic heterocycles. The van der Waals surface area contributed by atoms with E-state index in [1.54, 1.807) is 31.2 Å². The Morgan fingerprint density at radius 3 is 2.78 bits per heavy atom. The van der Waals surface area contributed by atoms with Gasteiger partial charge in [-0.25, -0.2) is 0 Å². The molecule has 0 aromatic heterocycles. The Morgan fingerprint density at radius 1 is 1.19 bits per heavy atom. The van der Waals surface area contributed by atoms with Gasteiger partial charge in [0.15, 0.2) is 0 Å². The van der Waals surface area contributed by atoms with Crippen LogP contribution in [0.4, 0.5) is 5.69 Å². The molecule has 1 heterocycles. The molecule has 0 radical (unpaired) electrons. The van der Waals surface area contributed by atoms with Crippen molar-refractivity contribution in [3.63, 3.8) is 0 Å². The van der Waals surface area contributed by atoms with Crippen molar-refractivity contribution < 1.29 is 14.3 Å². The van der Waals surface area contributed by atoms with Crippen LogP contribution in [0.3, 0.4) is 0 Å². The van der Waals surface area contributed by atoms with E-state index >= 15 is 0 Å². The lowest BCUT2D eigenvalue weighted by atomic mass is 9.78. The number of nitrogens with one attached hydrogen (secondary N) is 2. The van der Waals surface area contributed by atoms with Crippen LogP contribution in [-0.4, -0.2) is 30.2 Å². The van der Waals surface area contributed by atoms with Crippen molar-refractivity contribution in [1.29, 1.82) is 0 Å². The standard InChI is InChI=1S/C21H28N2O3S/c1-13-6-4-9-18(14(13)2)23-20(24)16-7-5-8-17(12-16)22-21(25)19-15(3)26-10-11-27-19/h5,7-8,12-14,18H,4,6,9-11H2,1-3H3,(H,22,25)(H,23,24)/t13-,14-,18-/m1/s1. The zero-order valence-corrected chi connectivity index (χ0v) is 17.0. The van der Waals surface area contributed by atoms with Gasteiger partial charge in [0, 0.05) is 23.0 Å². The van der Waals surface area contributed by atoms with Gasteiger partial charge in [0.25, 0.3) is 11.8 Å². The summed E-state index contributed by atoms with van der Waals surface area (Å²) >= 11 is 1.50. The quantitative estimate of drug-likeness (QED) is 0.812. The van der Waals surface area contributed by atoms with E-state index in [4.69, 9.17) is 4.74 Å². The highest BCUT2D eigenvalue weighted by Crippen LogP contribution is 2.30. The van der Waals surface area contributed by atoms with E-state index in [-0.39, 0.29) is 17.9 Å². The predicted octanol–water partition coefficient (Wildman–Crippen LogP) is 4.17. The highest BCUT2D eigenvalue weighted by atomic mass is 32.2. The Morgan fingerprint density at radius 2 is 2.00 bits per heavy atom. The Labute approximate surface area is 165 Å². The summed E-state index contributed by atoms with van der Waals surface area (Å²) in [7, 11) is 0. The minimum atomic E-state index is -0.190. The number of thioether (sulfide) groups is 1. The van der Waals surface area contributed by atoms with Crippen LogP contribution in [0.15, 0.2) is 34.9 Å². The number of hydrogen-bond acceptors (Lipinski definition) is 4. The molecule has 1 fully saturated rings. The minimum absolute atomic E-state index is 0.0807. The van der Waals surface area contributed by atoms with Gasteiger partial charge < -0.3 is 15.4 Å². The molecule has 27 heavy (non-hydrogen) atoms. The maximum absolute atomic E-state index is 12.7. The molecule has 146 valence electrons. The molecule has 5 nitrogen and oxygen atoms in total. The number of carbonyl (C=O) groups is 2. The van der Waals surface area contributed by atoms with E-state index < -0.39 is 0 Å². The van der Waals surface area contributed by atoms with Gasteiger partial charge in [-0.1, -0.05) is 32.8 Å². The van der Waals surface area contributed by atoms with E-state index in [9.17, 15) is 9.59 Å². The van der Waals surface area contributed by atoms with Gasteiger partial charge in [0.05, 0.1) is 6.61 Å². The number of ether oxygens (including phenoxy) is 1. The molecule has 1 aliphatic carbocycles. The molecular formula is C21H28N2O3S. The summed E-state index contributed by atoms with van der Waals surface area (Å²) in [5.41, 5.74) is 1.18. The third-order valence-corrected chi connectivity index (χ3v) is 6.71. The van der Waals surface area contributed by atoms with Crippen LogP contribution >= 0.6 is 11.8 Å². The van der Waals surface area contributed by atoms with Crippen LogP contribution in [0.2, 0.25) is 0 Å². The second-order valence-electron chi connectivity index (χ2n) is 7.46. The second-order valence-corrected chi connectivity index (χ2v) is 8.57. The molecular weight excluding hydrogens is 360 g/mol. The van der Waals surface area contributed by atoms with Gasteiger partial charge in [0.1, 0.15) is 10.7 Å². The van der Waals surface area contributed by atoms with Crippen LogP contribution in [0.5, 0.6) is 0 Å². The van der Waals surface area contributed by atoms with E-state index in [0.29, 0.717) is 40.4 Å². The molecule has 2 amide bonds. The van der Waals surface area contributed by atoms with Crippen LogP contribution in [0.25, 0.3) is 0 Å². The number of carbonyl (C=O) groups excluding carboxylic acids is 2. The molecule has 1 saturated carbocycles. The second kappa shape index (κ2) is 8.83. The summed E-state index contributed by atoms with van der Waals surface area (Å²) in [5.74, 6) is 2.25. The third kappa shape index (κ3) is 4.86. The summed E-state index contributed by atoms with van der Waals surface area (Å²) in [6.07, 6.45) is 3.41. The Hall–Kier alpha value is -1.95. The molecule has 2 N–H and O–H groups in total. The van der Waals surface area contributed by atoms with Crippen LogP contribution in [-0.2, 0) is 9.53 Å². The number of amides is 2. The summed E-state index contributed by atoms with van der Waals surface area (Å²) in [5, 5.41) is 6.06. The van der Waals surface area contributed by atoms with Gasteiger partial charge in [-0.3, -0.25) is 9.59 Å². The molecule has 0 unspecified atom stereocenters. The molecule has 2 aliphatic rings. The zero-order chi connectivity index (χ0) is 19.4. The first-order valence-electron chi connectivity index (χ1n) is 9.64. The average molecular weight is 389 g/mol. The minimum Gasteiger partial charge on any atom is -0.496 e. The molecule has 1 aromatic rings. The number of rotatable bonds is 4. The Balaban J connectivity index is 1.66. The lowest BCUT2D eigenvalue weighted by Gasteiger charge is -2.34. The number of allylic oxidation sites excluding steroid dienone is 1. The maximum Gasteiger partial charge on any atom is 0.265 e. The molecule has 6 heteroatoms. The molecule has 1 aromatic carbocycles. The summed E-state index contributed by atoms with van der Waals surface area (Å²) in [6, 6.07) is 7.32. The van der Waals surface area contributed by atoms with Crippen molar-refractivity contribution in [3.05, 3.63) is 40.5 Å². The van der Waals surface area contributed by atoms with Crippen LogP contribution in [0, 0.1) is 11.8 Å². The summed E-state index contributed by atoms with van der Waals surface area (Å²) < 4.78 is 5.45. The topological polar surface area (TPSA) is 67.4 Å². The fraction of sp³-hybridized carbons (Fsp3) is 0.524. The lowest BCUT2D eigenvalue weighted by molar-refractivity contribution is -0.112. The van der Waals surface area contributed by atoms with Crippen molar-refractivity contribution in [2.45, 2.75) is 46.1 Å². The van der Waals surface area contributed by atoms with Crippen molar-refractivity contribution in [3.8, 4) is 0 Å². The molecule has 0 bridgehead atoms. The molecule has 0 saturated heterocycles. The van der Waals surface area contributed by atoms with Gasteiger partial charge >= 0.3 is 0 Å². The monoisotopic (exact) mass is 388 g/mol. The van der Waals surface area contributed by atoms with Gasteiger partial charge in [-0.2, -0.15) is 0 Å². The highest BCUT2D eigenvalue weighted by Gasteiger charge is 2.28. The first kappa shape index (κ1) is 19.8. The Kier molecular flexibility index (Phi) is 6.47. The maximum atomic E-state index is 12.7. The number of anilines is 1. The van der Waals surface area contributed by atoms with Crippen molar-refractivity contribution in [2.75, 3.05) is 17.7 Å². The van der Waals surface area contributed by atoms with Gasteiger partial charge in [-0.15, -0.1) is 11.8 Å². The average Bonchev–Trinajstić information content (AvgIpc) is 2.66. The van der Waals surface area contributed by atoms with E-state index in [1.165, 1.54) is 18.2 Å². The Bertz CT molecular complexity index is 747. The molecule has 0 spiro atoms. The highest BCUT2D eigenvalue weighted by molar-refractivity contribution is 8.04. The fourth-order valence-electron chi connectivity index (χ4n) is 3.69. The fourth-order valence-corrected chi connectivity index (χ4v) is 4.51. The van der Waals surface area contributed by atoms with Crippen molar-refractivity contribution >= 4 is 29.3 Å². The third-order valence-electron chi connectivity index (χ3n) is 5.58. The van der Waals surface area contributed by atoms with Crippen LogP contribution < -0.4 is 10.6 Å². The van der Waals surface area contributed by atoms with E-state index in [2.05, 4.69) is 24.5 Å². The van der Waals surface area contributed by atoms with Crippen LogP contribution in [0.1, 0.15) is 50.4 Å². The number of benzene rings is 1. The summed E-state index contributed by atoms with van der Waals surface area (Å²) in [4.78, 5) is 25.8. The SMILES string of the molecule is CC1=C(C(=O)Nc2cccc(C(=O)N[C@@H]3CCC[C@@H](C)[C@H]3C)c2)SCCO1. The van der Waals surface area contributed by atoms with Crippen molar-refractivity contribution in [2.24, 2.45) is 11.8 Å². The smallest absolute Gasteiger partial charge is 0.265 e. The lowest BCUT2D eigenvalue weighted by Crippen LogP contribution is -2.43. The normalized spacial score (nSPS) is 25.5. The largest absolute Gasteiger partial charge is 0.496 e. The summed E-state index contributed by atoms with van der Waals surface area (Å²) in [6.45, 7) is 6.90. The van der Waals surface area contributed by atoms with E-state index in [0.717, 1.165) is 18.6 Å². The number of hydrogen-bond donors (Lipinski definition) is 2. The first-order valence-corrected chi connectivity index (χ1v) is 10.6. The molecule has 3 atom stereocenters. The van der Waals surface area contributed by atoms with Gasteiger partial charge in [0.2, 0.25) is 0 Å².